The molecule has 88 valence electrons. The van der Waals surface area contributed by atoms with Crippen LogP contribution in [0.15, 0.2) is 23.3 Å². The number of unbranched alkanes of at least 4 members (excludes halogenated alkanes) is 3. The molecule has 0 fully saturated rings. The maximum atomic E-state index is 2.46. The summed E-state index contributed by atoms with van der Waals surface area (Å²) in [6.07, 6.45) is 12.6. The van der Waals surface area contributed by atoms with E-state index in [1.165, 1.54) is 48.5 Å². The van der Waals surface area contributed by atoms with Crippen LogP contribution in [0.5, 0.6) is 0 Å². The van der Waals surface area contributed by atoms with Gasteiger partial charge in [-0.25, -0.2) is 0 Å². The van der Waals surface area contributed by atoms with E-state index in [0.717, 1.165) is 0 Å². The Labute approximate surface area is 109 Å². The zero-order valence-electron chi connectivity index (χ0n) is 10.5. The van der Waals surface area contributed by atoms with Gasteiger partial charge in [-0.2, -0.15) is 0 Å². The van der Waals surface area contributed by atoms with Crippen LogP contribution in [0.25, 0.3) is 0 Å². The third-order valence-electron chi connectivity index (χ3n) is 2.42. The van der Waals surface area contributed by atoms with Gasteiger partial charge < -0.3 is 0 Å². The highest BCUT2D eigenvalue weighted by Crippen LogP contribution is 2.10. The van der Waals surface area contributed by atoms with Crippen LogP contribution in [0.2, 0.25) is 0 Å². The van der Waals surface area contributed by atoms with Crippen LogP contribution in [0.4, 0.5) is 0 Å². The Kier molecular flexibility index (Phi) is 10.9. The molecule has 0 rings (SSSR count). The smallest absolute Gasteiger partial charge is 0.000473 e. The number of hydrogen-bond donors (Lipinski definition) is 0. The zero-order chi connectivity index (χ0) is 11.5. The molecular formula is C14H25I. The summed E-state index contributed by atoms with van der Waals surface area (Å²) in [5.74, 6) is 0. The first-order valence-corrected chi connectivity index (χ1v) is 7.54. The molecular weight excluding hydrogens is 295 g/mol. The van der Waals surface area contributed by atoms with Crippen molar-refractivity contribution in [2.75, 3.05) is 4.43 Å². The molecule has 0 nitrogen and oxygen atoms in total. The van der Waals surface area contributed by atoms with E-state index in [2.05, 4.69) is 55.5 Å². The van der Waals surface area contributed by atoms with Crippen LogP contribution in [-0.4, -0.2) is 4.43 Å². The molecule has 0 saturated heterocycles. The summed E-state index contributed by atoms with van der Waals surface area (Å²) in [5, 5.41) is 0. The predicted molar refractivity (Wildman–Crippen MR) is 79.8 cm³/mol. The summed E-state index contributed by atoms with van der Waals surface area (Å²) in [7, 11) is 0. The topological polar surface area (TPSA) is 0 Å². The van der Waals surface area contributed by atoms with Gasteiger partial charge in [-0.15, -0.1) is 0 Å². The largest absolute Gasteiger partial charge is 0.0864 e. The molecule has 0 aromatic carbocycles. The summed E-state index contributed by atoms with van der Waals surface area (Å²) in [6, 6.07) is 0. The maximum Gasteiger partial charge on any atom is -0.000473 e. The summed E-state index contributed by atoms with van der Waals surface area (Å²) in [5.41, 5.74) is 2.99. The summed E-state index contributed by atoms with van der Waals surface area (Å²) in [4.78, 5) is 0. The molecule has 0 aliphatic carbocycles. The van der Waals surface area contributed by atoms with Crippen LogP contribution in [0, 0.1) is 0 Å². The molecule has 0 aliphatic heterocycles. The number of rotatable bonds is 8. The molecule has 0 aliphatic rings. The Hall–Kier alpha value is 0.210. The first-order chi connectivity index (χ1) is 7.16. The molecule has 0 unspecified atom stereocenters. The summed E-state index contributed by atoms with van der Waals surface area (Å²) < 4.78 is 1.31. The van der Waals surface area contributed by atoms with Gasteiger partial charge in [-0.3, -0.25) is 0 Å². The van der Waals surface area contributed by atoms with Gasteiger partial charge in [-0.1, -0.05) is 52.3 Å². The van der Waals surface area contributed by atoms with Gasteiger partial charge in [0, 0.05) is 0 Å². The van der Waals surface area contributed by atoms with Crippen molar-refractivity contribution in [1.82, 2.24) is 0 Å². The quantitative estimate of drug-likeness (QED) is 0.234. The Morgan fingerprint density at radius 1 is 0.933 bits per heavy atom. The first kappa shape index (κ1) is 15.2. The van der Waals surface area contributed by atoms with E-state index < -0.39 is 0 Å². The molecule has 1 heteroatoms. The van der Waals surface area contributed by atoms with Crippen LogP contribution in [0.3, 0.4) is 0 Å². The molecule has 0 saturated carbocycles. The normalized spacial score (nSPS) is 11.6. The second kappa shape index (κ2) is 10.7. The minimum atomic E-state index is 1.21. The van der Waals surface area contributed by atoms with Gasteiger partial charge in [0.25, 0.3) is 0 Å². The average Bonchev–Trinajstić information content (AvgIpc) is 2.17. The molecule has 15 heavy (non-hydrogen) atoms. The standard InChI is InChI=1S/C14H25I/c1-13(2)9-8-11-14(3)10-6-4-5-7-12-15/h9-10H,4-8,11-12H2,1-3H3/b14-10+. The molecule has 0 bridgehead atoms. The molecule has 0 aromatic heterocycles. The van der Waals surface area contributed by atoms with Crippen LogP contribution in [0.1, 0.15) is 59.3 Å². The average molecular weight is 320 g/mol. The highest BCUT2D eigenvalue weighted by atomic mass is 127. The Morgan fingerprint density at radius 2 is 1.67 bits per heavy atom. The van der Waals surface area contributed by atoms with E-state index in [-0.39, 0.29) is 0 Å². The molecule has 0 N–H and O–H groups in total. The monoisotopic (exact) mass is 320 g/mol. The Bertz CT molecular complexity index is 197. The van der Waals surface area contributed by atoms with Crippen molar-refractivity contribution in [2.45, 2.75) is 59.3 Å². The van der Waals surface area contributed by atoms with Crippen molar-refractivity contribution in [3.8, 4) is 0 Å². The SMILES string of the molecule is CC(C)=CCC/C(C)=C/CCCCCI. The first-order valence-electron chi connectivity index (χ1n) is 6.01. The van der Waals surface area contributed by atoms with Gasteiger partial charge in [0.1, 0.15) is 0 Å². The van der Waals surface area contributed by atoms with Gasteiger partial charge in [0.05, 0.1) is 0 Å². The Morgan fingerprint density at radius 3 is 2.27 bits per heavy atom. The van der Waals surface area contributed by atoms with Crippen LogP contribution >= 0.6 is 22.6 Å². The highest BCUT2D eigenvalue weighted by Gasteiger charge is 1.90. The lowest BCUT2D eigenvalue weighted by Gasteiger charge is -1.99. The molecule has 0 aromatic rings. The predicted octanol–water partition coefficient (Wildman–Crippen LogP) is 5.67. The summed E-state index contributed by atoms with van der Waals surface area (Å²) >= 11 is 2.46. The van der Waals surface area contributed by atoms with E-state index in [1.54, 1.807) is 5.57 Å². The maximum absolute atomic E-state index is 2.46. The van der Waals surface area contributed by atoms with Crippen molar-refractivity contribution >= 4 is 22.6 Å². The van der Waals surface area contributed by atoms with Crippen molar-refractivity contribution in [2.24, 2.45) is 0 Å². The lowest BCUT2D eigenvalue weighted by molar-refractivity contribution is 0.734. The fourth-order valence-electron chi connectivity index (χ4n) is 1.45. The molecule has 0 atom stereocenters. The Balaban J connectivity index is 3.48. The van der Waals surface area contributed by atoms with Gasteiger partial charge in [-0.05, 0) is 57.3 Å². The third kappa shape index (κ3) is 12.1. The van der Waals surface area contributed by atoms with Crippen molar-refractivity contribution in [3.05, 3.63) is 23.3 Å². The molecule has 0 amide bonds. The number of hydrogen-bond acceptors (Lipinski definition) is 0. The second-order valence-corrected chi connectivity index (χ2v) is 5.49. The van der Waals surface area contributed by atoms with E-state index >= 15 is 0 Å². The highest BCUT2D eigenvalue weighted by molar-refractivity contribution is 14.1. The number of halogens is 1. The minimum Gasteiger partial charge on any atom is -0.0864 e. The van der Waals surface area contributed by atoms with Crippen molar-refractivity contribution in [3.63, 3.8) is 0 Å². The summed E-state index contributed by atoms with van der Waals surface area (Å²) in [6.45, 7) is 6.60. The van der Waals surface area contributed by atoms with Crippen molar-refractivity contribution < 1.29 is 0 Å². The fourth-order valence-corrected chi connectivity index (χ4v) is 1.99. The molecule has 0 radical (unpaired) electrons. The van der Waals surface area contributed by atoms with Gasteiger partial charge >= 0.3 is 0 Å². The third-order valence-corrected chi connectivity index (χ3v) is 3.18. The lowest BCUT2D eigenvalue weighted by Crippen LogP contribution is -1.80. The second-order valence-electron chi connectivity index (χ2n) is 4.41. The van der Waals surface area contributed by atoms with E-state index in [0.29, 0.717) is 0 Å². The minimum absolute atomic E-state index is 1.21. The number of alkyl halides is 1. The van der Waals surface area contributed by atoms with Gasteiger partial charge in [0.15, 0.2) is 0 Å². The zero-order valence-corrected chi connectivity index (χ0v) is 12.6. The van der Waals surface area contributed by atoms with E-state index in [4.69, 9.17) is 0 Å². The van der Waals surface area contributed by atoms with Gasteiger partial charge in [0.2, 0.25) is 0 Å². The van der Waals surface area contributed by atoms with Crippen LogP contribution in [-0.2, 0) is 0 Å². The van der Waals surface area contributed by atoms with Crippen molar-refractivity contribution in [1.29, 1.82) is 0 Å². The van der Waals surface area contributed by atoms with E-state index in [1.807, 2.05) is 0 Å². The van der Waals surface area contributed by atoms with E-state index in [9.17, 15) is 0 Å². The molecule has 0 spiro atoms. The fraction of sp³-hybridized carbons (Fsp3) is 0.714. The lowest BCUT2D eigenvalue weighted by atomic mass is 10.1. The van der Waals surface area contributed by atoms with Crippen LogP contribution < -0.4 is 0 Å². The number of allylic oxidation sites excluding steroid dienone is 4. The molecule has 0 heterocycles.